The van der Waals surface area contributed by atoms with Gasteiger partial charge in [0.2, 0.25) is 0 Å². The van der Waals surface area contributed by atoms with Crippen LogP contribution >= 0.6 is 0 Å². The van der Waals surface area contributed by atoms with Gasteiger partial charge in [-0.25, -0.2) is 4.68 Å². The number of likely N-dealkylation sites (tertiary alicyclic amines) is 1. The van der Waals surface area contributed by atoms with Gasteiger partial charge in [-0.1, -0.05) is 6.92 Å². The third kappa shape index (κ3) is 2.71. The second-order valence-electron chi connectivity index (χ2n) is 5.72. The van der Waals surface area contributed by atoms with E-state index in [2.05, 4.69) is 22.4 Å². The van der Waals surface area contributed by atoms with Crippen molar-refractivity contribution in [1.82, 2.24) is 25.1 Å². The fourth-order valence-electron chi connectivity index (χ4n) is 3.06. The fraction of sp³-hybridized carbons (Fsp3) is 0.467. The van der Waals surface area contributed by atoms with Crippen molar-refractivity contribution in [3.8, 4) is 5.69 Å². The van der Waals surface area contributed by atoms with Crippen LogP contribution in [0.25, 0.3) is 5.69 Å². The van der Waals surface area contributed by atoms with E-state index in [4.69, 9.17) is 5.73 Å². The molecule has 1 aliphatic heterocycles. The van der Waals surface area contributed by atoms with Crippen molar-refractivity contribution in [2.45, 2.75) is 25.8 Å². The highest BCUT2D eigenvalue weighted by atomic mass is 16.2. The van der Waals surface area contributed by atoms with Gasteiger partial charge >= 0.3 is 0 Å². The zero-order valence-electron chi connectivity index (χ0n) is 12.6. The molecule has 116 valence electrons. The number of benzene rings is 1. The first-order valence-corrected chi connectivity index (χ1v) is 7.55. The van der Waals surface area contributed by atoms with Gasteiger partial charge in [0.25, 0.3) is 5.91 Å². The van der Waals surface area contributed by atoms with Crippen molar-refractivity contribution < 1.29 is 4.79 Å². The van der Waals surface area contributed by atoms with Gasteiger partial charge in [-0.15, -0.1) is 5.10 Å². The van der Waals surface area contributed by atoms with Crippen molar-refractivity contribution in [1.29, 1.82) is 0 Å². The summed E-state index contributed by atoms with van der Waals surface area (Å²) in [5.41, 5.74) is 7.36. The van der Waals surface area contributed by atoms with E-state index in [1.54, 1.807) is 4.68 Å². The van der Waals surface area contributed by atoms with Crippen molar-refractivity contribution in [2.24, 2.45) is 11.7 Å². The van der Waals surface area contributed by atoms with E-state index in [1.807, 2.05) is 29.2 Å². The Bertz CT molecular complexity index is 624. The van der Waals surface area contributed by atoms with Crippen LogP contribution < -0.4 is 5.73 Å². The second-order valence-corrected chi connectivity index (χ2v) is 5.72. The monoisotopic (exact) mass is 300 g/mol. The molecule has 22 heavy (non-hydrogen) atoms. The van der Waals surface area contributed by atoms with Crippen LogP contribution in [0.1, 0.15) is 30.1 Å². The number of aromatic nitrogens is 4. The molecular formula is C15H20N6O. The van der Waals surface area contributed by atoms with Gasteiger partial charge in [0, 0.05) is 24.7 Å². The lowest BCUT2D eigenvalue weighted by atomic mass is 9.90. The van der Waals surface area contributed by atoms with Gasteiger partial charge in [0.05, 0.1) is 5.69 Å². The van der Waals surface area contributed by atoms with Gasteiger partial charge < -0.3 is 10.6 Å². The average Bonchev–Trinajstić information content (AvgIpc) is 3.08. The van der Waals surface area contributed by atoms with Crippen molar-refractivity contribution >= 4 is 5.91 Å². The minimum absolute atomic E-state index is 0.0465. The molecule has 2 N–H and O–H groups in total. The maximum atomic E-state index is 12.7. The van der Waals surface area contributed by atoms with Crippen LogP contribution in [0.3, 0.4) is 0 Å². The van der Waals surface area contributed by atoms with Gasteiger partial charge in [0.15, 0.2) is 0 Å². The zero-order chi connectivity index (χ0) is 15.5. The lowest BCUT2D eigenvalue weighted by molar-refractivity contribution is 0.0532. The lowest BCUT2D eigenvalue weighted by Crippen LogP contribution is -2.51. The number of carbonyl (C=O) groups excluding carboxylic acids is 1. The molecule has 0 aliphatic carbocycles. The number of carbonyl (C=O) groups is 1. The second kappa shape index (κ2) is 6.23. The first kappa shape index (κ1) is 14.6. The molecule has 2 aromatic rings. The fourth-order valence-corrected chi connectivity index (χ4v) is 3.06. The first-order valence-electron chi connectivity index (χ1n) is 7.55. The number of hydrogen-bond acceptors (Lipinski definition) is 5. The summed E-state index contributed by atoms with van der Waals surface area (Å²) in [6.45, 7) is 3.45. The van der Waals surface area contributed by atoms with Gasteiger partial charge in [-0.3, -0.25) is 4.79 Å². The van der Waals surface area contributed by atoms with E-state index < -0.39 is 0 Å². The molecule has 1 amide bonds. The first-order chi connectivity index (χ1) is 10.7. The molecule has 7 nitrogen and oxygen atoms in total. The van der Waals surface area contributed by atoms with Crippen LogP contribution in [-0.4, -0.2) is 50.1 Å². The lowest BCUT2D eigenvalue weighted by Gasteiger charge is -2.39. The smallest absolute Gasteiger partial charge is 0.254 e. The molecule has 1 aliphatic rings. The minimum Gasteiger partial charge on any atom is -0.334 e. The number of piperidine rings is 1. The van der Waals surface area contributed by atoms with E-state index in [1.165, 1.54) is 6.33 Å². The predicted octanol–water partition coefficient (Wildman–Crippen LogP) is 0.862. The topological polar surface area (TPSA) is 89.9 Å². The van der Waals surface area contributed by atoms with E-state index in [9.17, 15) is 4.79 Å². The molecule has 0 radical (unpaired) electrons. The highest BCUT2D eigenvalue weighted by Crippen LogP contribution is 2.24. The normalized spacial score (nSPS) is 21.8. The predicted molar refractivity (Wildman–Crippen MR) is 81.4 cm³/mol. The van der Waals surface area contributed by atoms with Crippen LogP contribution in [0.4, 0.5) is 0 Å². The molecule has 7 heteroatoms. The number of rotatable bonds is 3. The quantitative estimate of drug-likeness (QED) is 0.908. The Morgan fingerprint density at radius 3 is 2.77 bits per heavy atom. The average molecular weight is 300 g/mol. The Morgan fingerprint density at radius 2 is 2.14 bits per heavy atom. The molecule has 0 spiro atoms. The van der Waals surface area contributed by atoms with Crippen molar-refractivity contribution in [2.75, 3.05) is 13.1 Å². The standard InChI is InChI=1S/C15H20N6O/c1-11-3-2-8-20(14(11)9-16)15(22)12-4-6-13(7-5-12)21-10-17-18-19-21/h4-7,10-11,14H,2-3,8-9,16H2,1H3. The third-order valence-electron chi connectivity index (χ3n) is 4.35. The Hall–Kier alpha value is -2.28. The van der Waals surface area contributed by atoms with Crippen LogP contribution in [-0.2, 0) is 0 Å². The van der Waals surface area contributed by atoms with Crippen LogP contribution in [0.2, 0.25) is 0 Å². The molecule has 0 bridgehead atoms. The van der Waals surface area contributed by atoms with Crippen LogP contribution in [0.15, 0.2) is 30.6 Å². The number of nitrogens with zero attached hydrogens (tertiary/aromatic N) is 5. The van der Waals surface area contributed by atoms with Gasteiger partial charge in [0.1, 0.15) is 6.33 Å². The zero-order valence-corrected chi connectivity index (χ0v) is 12.6. The summed E-state index contributed by atoms with van der Waals surface area (Å²) < 4.78 is 1.56. The highest BCUT2D eigenvalue weighted by molar-refractivity contribution is 5.94. The highest BCUT2D eigenvalue weighted by Gasteiger charge is 2.31. The third-order valence-corrected chi connectivity index (χ3v) is 4.35. The molecule has 2 unspecified atom stereocenters. The number of nitrogens with two attached hydrogens (primary N) is 1. The van der Waals surface area contributed by atoms with Crippen LogP contribution in [0, 0.1) is 5.92 Å². The van der Waals surface area contributed by atoms with Gasteiger partial charge in [-0.05, 0) is 53.5 Å². The molecule has 1 aromatic carbocycles. The maximum Gasteiger partial charge on any atom is 0.254 e. The molecule has 1 aromatic heterocycles. The Labute approximate surface area is 129 Å². The number of tetrazole rings is 1. The summed E-state index contributed by atoms with van der Waals surface area (Å²) >= 11 is 0. The Kier molecular flexibility index (Phi) is 4.15. The maximum absolute atomic E-state index is 12.7. The molecule has 2 heterocycles. The Balaban J connectivity index is 1.79. The summed E-state index contributed by atoms with van der Waals surface area (Å²) in [6, 6.07) is 7.43. The van der Waals surface area contributed by atoms with Gasteiger partial charge in [-0.2, -0.15) is 0 Å². The molecule has 1 saturated heterocycles. The van der Waals surface area contributed by atoms with Crippen LogP contribution in [0.5, 0.6) is 0 Å². The molecule has 2 atom stereocenters. The SMILES string of the molecule is CC1CCCN(C(=O)c2ccc(-n3cnnn3)cc2)C1CN. The minimum atomic E-state index is 0.0465. The molecular weight excluding hydrogens is 280 g/mol. The van der Waals surface area contributed by atoms with E-state index in [0.29, 0.717) is 18.0 Å². The number of amides is 1. The summed E-state index contributed by atoms with van der Waals surface area (Å²) in [7, 11) is 0. The summed E-state index contributed by atoms with van der Waals surface area (Å²) in [4.78, 5) is 14.7. The molecule has 3 rings (SSSR count). The van der Waals surface area contributed by atoms with Crippen molar-refractivity contribution in [3.05, 3.63) is 36.2 Å². The summed E-state index contributed by atoms with van der Waals surface area (Å²) in [6.07, 6.45) is 3.68. The molecule has 1 fully saturated rings. The Morgan fingerprint density at radius 1 is 1.36 bits per heavy atom. The van der Waals surface area contributed by atoms with E-state index in [-0.39, 0.29) is 11.9 Å². The number of hydrogen-bond donors (Lipinski definition) is 1. The van der Waals surface area contributed by atoms with Crippen molar-refractivity contribution in [3.63, 3.8) is 0 Å². The molecule has 0 saturated carbocycles. The largest absolute Gasteiger partial charge is 0.334 e. The van der Waals surface area contributed by atoms with E-state index in [0.717, 1.165) is 25.1 Å². The summed E-state index contributed by atoms with van der Waals surface area (Å²) in [5, 5.41) is 11.0. The summed E-state index contributed by atoms with van der Waals surface area (Å²) in [5.74, 6) is 0.494. The van der Waals surface area contributed by atoms with E-state index >= 15 is 0 Å².